The first-order valence-corrected chi connectivity index (χ1v) is 21.6. The summed E-state index contributed by atoms with van der Waals surface area (Å²) in [5.74, 6) is 1.93. The number of rotatable bonds is 9. The van der Waals surface area contributed by atoms with Gasteiger partial charge in [-0.25, -0.2) is 0 Å². The summed E-state index contributed by atoms with van der Waals surface area (Å²) in [6, 6.07) is 25.9. The van der Waals surface area contributed by atoms with E-state index in [-0.39, 0.29) is 34.9 Å². The standard InChI is InChI=1S/C53H47BN6O.Pt/c1-6-28-54-59(51-31-37(2)26-29-55-51)50-35-43(24-25-44(50)47-27-30-56-60(47)54)61-42-21-15-20-41(34-42)57-36-58(49-23-14-13-22-48(49)57)52-45(38-16-9-7-10-17-38)32-40(53(3,4)5)33-46(52)39-18-11-8-12-19-39;/h7-27,29-35H,6,28H2,1-5H3;/i7D,8D,9D,10D,11D,12D,16D,17D,18D,19D;. The van der Waals surface area contributed by atoms with E-state index in [1.807, 2.05) is 121 Å². The third-order valence-electron chi connectivity index (χ3n) is 11.2. The van der Waals surface area contributed by atoms with Crippen LogP contribution >= 0.6 is 0 Å². The monoisotopic (exact) mass is 999 g/mol. The van der Waals surface area contributed by atoms with Crippen LogP contribution in [0.3, 0.4) is 0 Å². The zero-order valence-corrected chi connectivity index (χ0v) is 37.1. The van der Waals surface area contributed by atoms with Gasteiger partial charge >= 0.3 is 341 Å². The van der Waals surface area contributed by atoms with Gasteiger partial charge in [0, 0.05) is 12.4 Å². The first kappa shape index (κ1) is 29.7. The van der Waals surface area contributed by atoms with Crippen LogP contribution in [0.4, 0.5) is 11.5 Å². The van der Waals surface area contributed by atoms with Crippen molar-refractivity contribution in [2.24, 2.45) is 0 Å². The average molecular weight is 1000 g/mol. The van der Waals surface area contributed by atoms with Gasteiger partial charge in [0.05, 0.1) is 0 Å². The first-order chi connectivity index (χ1) is 34.3. The zero-order chi connectivity index (χ0) is 51.2. The second-order valence-corrected chi connectivity index (χ2v) is 17.4. The van der Waals surface area contributed by atoms with Gasteiger partial charge in [-0.2, -0.15) is 5.10 Å². The van der Waals surface area contributed by atoms with Crippen LogP contribution in [0.15, 0.2) is 170 Å². The molecule has 3 aromatic heterocycles. The summed E-state index contributed by atoms with van der Waals surface area (Å²) < 4.78 is 102. The number of aryl methyl sites for hydroxylation is 1. The molecule has 0 bridgehead atoms. The third kappa shape index (κ3) is 7.06. The van der Waals surface area contributed by atoms with Crippen LogP contribution in [0.5, 0.6) is 11.5 Å². The summed E-state index contributed by atoms with van der Waals surface area (Å²) in [7, 11) is 0. The third-order valence-corrected chi connectivity index (χ3v) is 12.2. The van der Waals surface area contributed by atoms with E-state index in [1.165, 1.54) is 0 Å². The van der Waals surface area contributed by atoms with Gasteiger partial charge in [-0.1, -0.05) is 13.3 Å². The Hall–Kier alpha value is -6.50. The second kappa shape index (κ2) is 16.1. The van der Waals surface area contributed by atoms with Crippen LogP contribution in [0.25, 0.3) is 55.9 Å². The molecule has 10 rings (SSSR count). The van der Waals surface area contributed by atoms with Crippen molar-refractivity contribution in [1.29, 1.82) is 0 Å². The number of para-hydroxylation sites is 2. The van der Waals surface area contributed by atoms with Gasteiger partial charge in [-0.3, -0.25) is 0 Å². The number of hydrogen-bond acceptors (Lipinski definition) is 4. The number of aromatic nitrogens is 5. The van der Waals surface area contributed by atoms with Crippen molar-refractivity contribution in [2.75, 3.05) is 4.81 Å². The first-order valence-electron chi connectivity index (χ1n) is 25.5. The molecule has 0 unspecified atom stereocenters. The number of ether oxygens (including phenoxy) is 1. The fraction of sp³-hybridized carbons (Fsp3) is 0.151. The molecular weight excluding hydrogens is 943 g/mol. The summed E-state index contributed by atoms with van der Waals surface area (Å²) in [5.41, 5.74) is 6.57. The van der Waals surface area contributed by atoms with Crippen LogP contribution in [0.1, 0.15) is 59.0 Å². The molecule has 1 aliphatic rings. The number of hydrogen-bond donors (Lipinski definition) is 0. The molecular formula is C53H47BN6OPt. The maximum absolute atomic E-state index is 9.28. The molecule has 0 spiro atoms. The molecule has 9 heteroatoms. The van der Waals surface area contributed by atoms with Gasteiger partial charge in [0.2, 0.25) is 0 Å². The zero-order valence-electron chi connectivity index (χ0n) is 44.8. The van der Waals surface area contributed by atoms with Crippen molar-refractivity contribution in [3.63, 3.8) is 0 Å². The van der Waals surface area contributed by atoms with Gasteiger partial charge in [0.1, 0.15) is 0 Å². The number of imidazole rings is 1. The predicted octanol–water partition coefficient (Wildman–Crippen LogP) is 13.4. The molecule has 308 valence electrons. The molecule has 4 heterocycles. The van der Waals surface area contributed by atoms with Crippen molar-refractivity contribution in [1.82, 2.24) is 23.8 Å². The Morgan fingerprint density at radius 1 is 0.710 bits per heavy atom. The number of fused-ring (bicyclic) bond motifs is 4. The van der Waals surface area contributed by atoms with Crippen molar-refractivity contribution in [3.8, 4) is 56.4 Å². The Kier molecular flexibility index (Phi) is 7.70. The van der Waals surface area contributed by atoms with E-state index in [1.54, 1.807) is 12.1 Å². The molecule has 0 atom stereocenters. The molecule has 7 nitrogen and oxygen atoms in total. The van der Waals surface area contributed by atoms with Crippen LogP contribution in [-0.2, 0) is 24.8 Å². The van der Waals surface area contributed by atoms with Gasteiger partial charge in [0.15, 0.2) is 0 Å². The van der Waals surface area contributed by atoms with E-state index < -0.39 is 65.8 Å². The van der Waals surface area contributed by atoms with Crippen molar-refractivity contribution in [3.05, 3.63) is 185 Å². The quantitative estimate of drug-likeness (QED) is 0.135. The molecule has 6 aromatic carbocycles. The summed E-state index contributed by atoms with van der Waals surface area (Å²) >= 11 is 2.19. The topological polar surface area (TPSA) is 53.0 Å². The second-order valence-electron chi connectivity index (χ2n) is 16.3. The van der Waals surface area contributed by atoms with Crippen LogP contribution in [0, 0.1) is 10.7 Å². The molecule has 9 aromatic rings. The normalized spacial score (nSPS) is 14.7. The summed E-state index contributed by atoms with van der Waals surface area (Å²) in [4.78, 5) is 7.05. The van der Waals surface area contributed by atoms with Crippen LogP contribution in [0.2, 0.25) is 6.32 Å². The van der Waals surface area contributed by atoms with E-state index in [9.17, 15) is 5.48 Å². The maximum atomic E-state index is 9.28. The van der Waals surface area contributed by atoms with E-state index in [4.69, 9.17) is 23.0 Å². The molecule has 0 radical (unpaired) electrons. The molecule has 1 aliphatic heterocycles. The number of nitrogens with zero attached hydrogens (tertiary/aromatic N) is 6. The van der Waals surface area contributed by atoms with Gasteiger partial charge in [-0.15, -0.1) is 0 Å². The SMILES string of the molecule is [2H]c1c([2H])c([2H])c(-c2cc(C(C)(C)C)cc(-c3c([2H])c([2H])c([2H])c([2H])c3[2H])c2-n2[c](=[Pt])n(-c3cccc(Oc4ccc5c(c4)N(c4cc(C)ccn4)B(CCC)n4nccc4-5)c3)c3ccccc32)c([2H])c1[2H]. The molecule has 0 N–H and O–H groups in total. The van der Waals surface area contributed by atoms with Gasteiger partial charge in [-0.05, 0) is 18.6 Å². The van der Waals surface area contributed by atoms with Crippen molar-refractivity contribution >= 4 is 29.5 Å². The Bertz CT molecular complexity index is 3620. The number of anilines is 2. The molecule has 0 saturated heterocycles. The van der Waals surface area contributed by atoms with E-state index in [2.05, 4.69) is 48.7 Å². The van der Waals surface area contributed by atoms with Crippen LogP contribution < -0.4 is 9.55 Å². The minimum atomic E-state index is -0.622. The Morgan fingerprint density at radius 3 is 2.05 bits per heavy atom. The summed E-state index contributed by atoms with van der Waals surface area (Å²) in [5, 5.41) is 4.76. The van der Waals surface area contributed by atoms with Crippen molar-refractivity contribution < 1.29 is 37.8 Å². The average Bonchev–Trinajstić information content (AvgIpc) is 3.96. The van der Waals surface area contributed by atoms with E-state index >= 15 is 0 Å². The molecule has 0 amide bonds. The van der Waals surface area contributed by atoms with Gasteiger partial charge < -0.3 is 0 Å². The molecule has 0 saturated carbocycles. The van der Waals surface area contributed by atoms with Crippen LogP contribution in [-0.4, -0.2) is 30.8 Å². The Labute approximate surface area is 388 Å². The predicted molar refractivity (Wildman–Crippen MR) is 251 cm³/mol. The minimum absolute atomic E-state index is 0.0984. The summed E-state index contributed by atoms with van der Waals surface area (Å²) in [6.45, 7) is 9.95. The van der Waals surface area contributed by atoms with Crippen molar-refractivity contribution in [2.45, 2.75) is 52.8 Å². The summed E-state index contributed by atoms with van der Waals surface area (Å²) in [6.07, 6.45) is 5.40. The van der Waals surface area contributed by atoms with E-state index in [0.29, 0.717) is 37.6 Å². The molecule has 0 fully saturated rings. The molecule has 62 heavy (non-hydrogen) atoms. The fourth-order valence-corrected chi connectivity index (χ4v) is 9.41. The Balaban J connectivity index is 1.20. The van der Waals surface area contributed by atoms with Gasteiger partial charge in [0.25, 0.3) is 0 Å². The van der Waals surface area contributed by atoms with E-state index in [0.717, 1.165) is 41.1 Å². The number of benzene rings is 6. The number of pyridine rings is 1. The Morgan fingerprint density at radius 2 is 1.39 bits per heavy atom. The fourth-order valence-electron chi connectivity index (χ4n) is 8.31. The molecule has 0 aliphatic carbocycles.